The van der Waals surface area contributed by atoms with Gasteiger partial charge in [-0.25, -0.2) is 0 Å². The summed E-state index contributed by atoms with van der Waals surface area (Å²) in [6.45, 7) is 0.671. The molecule has 0 bridgehead atoms. The van der Waals surface area contributed by atoms with E-state index in [1.165, 1.54) is 25.7 Å². The average Bonchev–Trinajstić information content (AvgIpc) is 3.22. The van der Waals surface area contributed by atoms with E-state index in [2.05, 4.69) is 20.7 Å². The van der Waals surface area contributed by atoms with Crippen LogP contribution < -0.4 is 10.6 Å². The molecule has 6 nitrogen and oxygen atoms in total. The van der Waals surface area contributed by atoms with E-state index < -0.39 is 0 Å². The summed E-state index contributed by atoms with van der Waals surface area (Å²) >= 11 is 0. The van der Waals surface area contributed by atoms with E-state index in [1.54, 1.807) is 18.6 Å². The number of rotatable bonds is 4. The van der Waals surface area contributed by atoms with Gasteiger partial charge in [0.1, 0.15) is 0 Å². The van der Waals surface area contributed by atoms with Crippen LogP contribution in [0.3, 0.4) is 0 Å². The number of nitrogens with one attached hydrogen (secondary N) is 2. The number of carbonyl (C=O) groups excluding carboxylic acids is 1. The standard InChI is InChI=1S/C18H23N5O/c24-18(17-9-14-3-1-2-4-16(14)22-17)21-15-10-20-23(12-15)11-13-5-7-19-8-6-13/h5-8,10,12,14,16-17,22H,1-4,9,11H2,(H,21,24). The van der Waals surface area contributed by atoms with E-state index in [4.69, 9.17) is 0 Å². The Balaban J connectivity index is 1.35. The third-order valence-electron chi connectivity index (χ3n) is 5.17. The van der Waals surface area contributed by atoms with Gasteiger partial charge in [-0.05, 0) is 42.9 Å². The Hall–Kier alpha value is -2.21. The van der Waals surface area contributed by atoms with E-state index >= 15 is 0 Å². The van der Waals surface area contributed by atoms with Crippen LogP contribution in [0.4, 0.5) is 5.69 Å². The van der Waals surface area contributed by atoms with E-state index in [0.717, 1.165) is 17.7 Å². The van der Waals surface area contributed by atoms with Gasteiger partial charge < -0.3 is 10.6 Å². The third-order valence-corrected chi connectivity index (χ3v) is 5.17. The molecular weight excluding hydrogens is 302 g/mol. The zero-order valence-electron chi connectivity index (χ0n) is 13.7. The van der Waals surface area contributed by atoms with Gasteiger partial charge >= 0.3 is 0 Å². The van der Waals surface area contributed by atoms with Crippen LogP contribution in [0.2, 0.25) is 0 Å². The second-order valence-corrected chi connectivity index (χ2v) is 6.88. The monoisotopic (exact) mass is 325 g/mol. The molecule has 4 rings (SSSR count). The smallest absolute Gasteiger partial charge is 0.241 e. The van der Waals surface area contributed by atoms with Gasteiger partial charge in [-0.3, -0.25) is 14.5 Å². The molecule has 24 heavy (non-hydrogen) atoms. The molecule has 0 spiro atoms. The van der Waals surface area contributed by atoms with E-state index in [-0.39, 0.29) is 11.9 Å². The van der Waals surface area contributed by atoms with E-state index in [9.17, 15) is 4.79 Å². The molecule has 0 aromatic carbocycles. The van der Waals surface area contributed by atoms with Crippen LogP contribution in [0.15, 0.2) is 36.9 Å². The first-order valence-electron chi connectivity index (χ1n) is 8.76. The predicted molar refractivity (Wildman–Crippen MR) is 91.5 cm³/mol. The Labute approximate surface area is 141 Å². The summed E-state index contributed by atoms with van der Waals surface area (Å²) in [6.07, 6.45) is 13.1. The number of fused-ring (bicyclic) bond motifs is 1. The summed E-state index contributed by atoms with van der Waals surface area (Å²) in [5.41, 5.74) is 1.89. The second kappa shape index (κ2) is 6.73. The SMILES string of the molecule is O=C(Nc1cnn(Cc2ccncc2)c1)C1CC2CCCCC2N1. The van der Waals surface area contributed by atoms with Crippen LogP contribution in [-0.2, 0) is 11.3 Å². The Bertz CT molecular complexity index is 684. The van der Waals surface area contributed by atoms with Crippen LogP contribution in [0.1, 0.15) is 37.7 Å². The Morgan fingerprint density at radius 1 is 1.29 bits per heavy atom. The first-order chi connectivity index (χ1) is 11.8. The summed E-state index contributed by atoms with van der Waals surface area (Å²) in [6, 6.07) is 4.39. The molecular formula is C18H23N5O. The molecule has 2 aromatic rings. The summed E-state index contributed by atoms with van der Waals surface area (Å²) < 4.78 is 1.83. The third kappa shape index (κ3) is 3.33. The molecule has 3 atom stereocenters. The van der Waals surface area contributed by atoms with Crippen molar-refractivity contribution < 1.29 is 4.79 Å². The highest BCUT2D eigenvalue weighted by Crippen LogP contribution is 2.33. The van der Waals surface area contributed by atoms with Gasteiger partial charge in [-0.1, -0.05) is 12.8 Å². The zero-order chi connectivity index (χ0) is 16.4. The molecule has 126 valence electrons. The normalized spacial score (nSPS) is 26.1. The number of anilines is 1. The van der Waals surface area contributed by atoms with E-state index in [1.807, 2.05) is 23.0 Å². The maximum atomic E-state index is 12.5. The predicted octanol–water partition coefficient (Wildman–Crippen LogP) is 2.19. The lowest BCUT2D eigenvalue weighted by Gasteiger charge is -2.24. The van der Waals surface area contributed by atoms with Crippen molar-refractivity contribution in [1.29, 1.82) is 0 Å². The lowest BCUT2D eigenvalue weighted by molar-refractivity contribution is -0.117. The maximum Gasteiger partial charge on any atom is 0.241 e. The number of nitrogens with zero attached hydrogens (tertiary/aromatic N) is 3. The molecule has 3 heterocycles. The molecule has 1 aliphatic carbocycles. The Kier molecular flexibility index (Phi) is 4.30. The number of amides is 1. The molecule has 1 amide bonds. The Morgan fingerprint density at radius 3 is 2.96 bits per heavy atom. The number of aromatic nitrogens is 3. The fourth-order valence-electron chi connectivity index (χ4n) is 3.94. The van der Waals surface area contributed by atoms with E-state index in [0.29, 0.717) is 18.5 Å². The molecule has 2 N–H and O–H groups in total. The van der Waals surface area contributed by atoms with Crippen molar-refractivity contribution in [2.24, 2.45) is 5.92 Å². The highest BCUT2D eigenvalue weighted by molar-refractivity contribution is 5.94. The summed E-state index contributed by atoms with van der Waals surface area (Å²) in [4.78, 5) is 16.5. The number of hydrogen-bond acceptors (Lipinski definition) is 4. The summed E-state index contributed by atoms with van der Waals surface area (Å²) in [7, 11) is 0. The summed E-state index contributed by atoms with van der Waals surface area (Å²) in [5.74, 6) is 0.733. The van der Waals surface area contributed by atoms with Crippen molar-refractivity contribution in [2.45, 2.75) is 50.7 Å². The van der Waals surface area contributed by atoms with Crippen LogP contribution in [0.25, 0.3) is 0 Å². The van der Waals surface area contributed by atoms with Gasteiger partial charge in [0.2, 0.25) is 5.91 Å². The molecule has 6 heteroatoms. The van der Waals surface area contributed by atoms with Gasteiger partial charge in [0.05, 0.1) is 24.5 Å². The van der Waals surface area contributed by atoms with Crippen molar-refractivity contribution in [3.05, 3.63) is 42.5 Å². The number of carbonyl (C=O) groups is 1. The van der Waals surface area contributed by atoms with Crippen LogP contribution in [0, 0.1) is 5.92 Å². The molecule has 2 fully saturated rings. The fourth-order valence-corrected chi connectivity index (χ4v) is 3.94. The van der Waals surface area contributed by atoms with Gasteiger partial charge in [-0.2, -0.15) is 5.10 Å². The van der Waals surface area contributed by atoms with Crippen molar-refractivity contribution in [3.8, 4) is 0 Å². The van der Waals surface area contributed by atoms with Crippen LogP contribution in [0.5, 0.6) is 0 Å². The van der Waals surface area contributed by atoms with Crippen molar-refractivity contribution in [3.63, 3.8) is 0 Å². The molecule has 1 aliphatic heterocycles. The van der Waals surface area contributed by atoms with Crippen LogP contribution in [-0.4, -0.2) is 32.8 Å². The van der Waals surface area contributed by atoms with Gasteiger partial charge in [0.25, 0.3) is 0 Å². The highest BCUT2D eigenvalue weighted by atomic mass is 16.2. The van der Waals surface area contributed by atoms with Crippen LogP contribution >= 0.6 is 0 Å². The minimum Gasteiger partial charge on any atom is -0.322 e. The first-order valence-corrected chi connectivity index (χ1v) is 8.76. The molecule has 2 aliphatic rings. The zero-order valence-corrected chi connectivity index (χ0v) is 13.7. The minimum atomic E-state index is -0.0679. The van der Waals surface area contributed by atoms with Gasteiger partial charge in [0.15, 0.2) is 0 Å². The molecule has 1 saturated carbocycles. The molecule has 3 unspecified atom stereocenters. The van der Waals surface area contributed by atoms with Crippen molar-refractivity contribution >= 4 is 11.6 Å². The molecule has 1 saturated heterocycles. The van der Waals surface area contributed by atoms with Gasteiger partial charge in [-0.15, -0.1) is 0 Å². The lowest BCUT2D eigenvalue weighted by Crippen LogP contribution is -2.39. The first kappa shape index (κ1) is 15.3. The second-order valence-electron chi connectivity index (χ2n) is 6.88. The largest absolute Gasteiger partial charge is 0.322 e. The van der Waals surface area contributed by atoms with Gasteiger partial charge in [0, 0.05) is 24.6 Å². The Morgan fingerprint density at radius 2 is 2.12 bits per heavy atom. The lowest BCUT2D eigenvalue weighted by atomic mass is 9.85. The van der Waals surface area contributed by atoms with Crippen molar-refractivity contribution in [2.75, 3.05) is 5.32 Å². The topological polar surface area (TPSA) is 71.8 Å². The number of pyridine rings is 1. The fraction of sp³-hybridized carbons (Fsp3) is 0.500. The summed E-state index contributed by atoms with van der Waals surface area (Å²) in [5, 5.41) is 10.8. The molecule has 0 radical (unpaired) electrons. The number of hydrogen-bond donors (Lipinski definition) is 2. The highest BCUT2D eigenvalue weighted by Gasteiger charge is 2.38. The molecule has 2 aromatic heterocycles. The average molecular weight is 325 g/mol. The maximum absolute atomic E-state index is 12.5. The van der Waals surface area contributed by atoms with Crippen molar-refractivity contribution in [1.82, 2.24) is 20.1 Å². The minimum absolute atomic E-state index is 0.0628. The quantitative estimate of drug-likeness (QED) is 0.904.